The van der Waals surface area contributed by atoms with Crippen LogP contribution in [-0.2, 0) is 14.2 Å². The zero-order valence-corrected chi connectivity index (χ0v) is 16.5. The lowest BCUT2D eigenvalue weighted by Crippen LogP contribution is -2.25. The topological polar surface area (TPSA) is 110 Å². The molecule has 9 heteroatoms. The van der Waals surface area contributed by atoms with E-state index in [1.165, 1.54) is 12.0 Å². The van der Waals surface area contributed by atoms with Crippen LogP contribution < -0.4 is 10.2 Å². The van der Waals surface area contributed by atoms with Crippen molar-refractivity contribution >= 4 is 29.3 Å². The fourth-order valence-electron chi connectivity index (χ4n) is 3.18. The summed E-state index contributed by atoms with van der Waals surface area (Å²) in [6, 6.07) is 6.96. The molecule has 9 nitrogen and oxygen atoms in total. The van der Waals surface area contributed by atoms with Crippen LogP contribution in [0.4, 0.5) is 16.2 Å². The zero-order valence-electron chi connectivity index (χ0n) is 16.5. The highest BCUT2D eigenvalue weighted by Gasteiger charge is 2.27. The van der Waals surface area contributed by atoms with Crippen molar-refractivity contribution in [3.05, 3.63) is 46.8 Å². The Hall–Kier alpha value is -3.33. The first-order valence-corrected chi connectivity index (χ1v) is 9.14. The molecule has 154 valence electrons. The number of hydrogen-bond donors (Lipinski definition) is 2. The van der Waals surface area contributed by atoms with E-state index in [9.17, 15) is 14.4 Å². The van der Waals surface area contributed by atoms with Gasteiger partial charge in [0, 0.05) is 12.8 Å². The van der Waals surface area contributed by atoms with Crippen LogP contribution >= 0.6 is 0 Å². The van der Waals surface area contributed by atoms with Crippen molar-refractivity contribution in [2.24, 2.45) is 0 Å². The van der Waals surface area contributed by atoms with Gasteiger partial charge < -0.3 is 24.5 Å². The number of nitrogens with zero attached hydrogens (tertiary/aromatic N) is 1. The van der Waals surface area contributed by atoms with Gasteiger partial charge in [-0.2, -0.15) is 0 Å². The maximum absolute atomic E-state index is 12.9. The van der Waals surface area contributed by atoms with Crippen LogP contribution in [0.3, 0.4) is 0 Å². The third kappa shape index (κ3) is 4.24. The maximum Gasteiger partial charge on any atom is 0.414 e. The predicted octanol–water partition coefficient (Wildman–Crippen LogP) is 2.64. The van der Waals surface area contributed by atoms with Gasteiger partial charge in [0.2, 0.25) is 0 Å². The first-order valence-electron chi connectivity index (χ1n) is 9.14. The number of amides is 2. The summed E-state index contributed by atoms with van der Waals surface area (Å²) in [6.07, 6.45) is -0.459. The second kappa shape index (κ2) is 8.78. The number of hydrogen-bond acceptors (Lipinski definition) is 6. The van der Waals surface area contributed by atoms with Crippen LogP contribution in [0.15, 0.2) is 24.3 Å². The van der Waals surface area contributed by atoms with Gasteiger partial charge in [-0.05, 0) is 31.5 Å². The molecule has 2 N–H and O–H groups in total. The van der Waals surface area contributed by atoms with Crippen LogP contribution in [0.25, 0.3) is 0 Å². The molecule has 0 atom stereocenters. The molecule has 2 heterocycles. The number of aromatic nitrogens is 1. The Morgan fingerprint density at radius 3 is 2.69 bits per heavy atom. The summed E-state index contributed by atoms with van der Waals surface area (Å²) in [7, 11) is 1.52. The van der Waals surface area contributed by atoms with E-state index in [2.05, 4.69) is 10.3 Å². The summed E-state index contributed by atoms with van der Waals surface area (Å²) in [5.41, 5.74) is 2.60. The second-order valence-corrected chi connectivity index (χ2v) is 6.49. The number of H-pyrrole nitrogens is 1. The van der Waals surface area contributed by atoms with E-state index >= 15 is 0 Å². The number of methoxy groups -OCH3 is 1. The molecule has 1 aromatic heterocycles. The number of aryl methyl sites for hydroxylation is 1. The predicted molar refractivity (Wildman–Crippen MR) is 106 cm³/mol. The van der Waals surface area contributed by atoms with Crippen LogP contribution in [0.5, 0.6) is 0 Å². The Labute approximate surface area is 167 Å². The maximum atomic E-state index is 12.9. The quantitative estimate of drug-likeness (QED) is 0.545. The number of anilines is 2. The van der Waals surface area contributed by atoms with Crippen molar-refractivity contribution in [3.8, 4) is 0 Å². The van der Waals surface area contributed by atoms with Crippen molar-refractivity contribution in [3.63, 3.8) is 0 Å². The molecule has 1 fully saturated rings. The van der Waals surface area contributed by atoms with Gasteiger partial charge in [0.1, 0.15) is 18.9 Å². The molecular formula is C20H23N3O6. The summed E-state index contributed by atoms with van der Waals surface area (Å²) >= 11 is 0. The molecule has 0 radical (unpaired) electrons. The molecule has 2 amide bonds. The number of ether oxygens (including phenoxy) is 3. The van der Waals surface area contributed by atoms with Crippen molar-refractivity contribution in [1.29, 1.82) is 0 Å². The van der Waals surface area contributed by atoms with Crippen molar-refractivity contribution in [2.45, 2.75) is 13.8 Å². The Morgan fingerprint density at radius 1 is 1.24 bits per heavy atom. The summed E-state index contributed by atoms with van der Waals surface area (Å²) in [5.74, 6) is -0.950. The lowest BCUT2D eigenvalue weighted by atomic mass is 10.1. The molecule has 29 heavy (non-hydrogen) atoms. The number of nitrogens with one attached hydrogen (secondary N) is 2. The average Bonchev–Trinajstić information content (AvgIpc) is 3.25. The first kappa shape index (κ1) is 20.4. The molecule has 2 aromatic rings. The molecule has 0 spiro atoms. The molecule has 3 rings (SSSR count). The fraction of sp³-hybridized carbons (Fsp3) is 0.350. The van der Waals surface area contributed by atoms with Crippen LogP contribution in [0.2, 0.25) is 0 Å². The molecule has 1 aliphatic rings. The number of rotatable bonds is 7. The molecule has 0 saturated carbocycles. The molecule has 0 aliphatic carbocycles. The monoisotopic (exact) mass is 401 g/mol. The molecule has 1 aromatic carbocycles. The fourth-order valence-corrected chi connectivity index (χ4v) is 3.18. The molecule has 0 unspecified atom stereocenters. The van der Waals surface area contributed by atoms with Gasteiger partial charge in [0.25, 0.3) is 5.91 Å². The number of carbonyl (C=O) groups excluding carboxylic acids is 3. The Balaban J connectivity index is 1.81. The van der Waals surface area contributed by atoms with E-state index in [4.69, 9.17) is 14.2 Å². The minimum absolute atomic E-state index is 0.125. The third-order valence-corrected chi connectivity index (χ3v) is 4.59. The van der Waals surface area contributed by atoms with Crippen molar-refractivity contribution < 1.29 is 28.6 Å². The SMILES string of the molecule is COCCOC(=O)c1c(C)[nH]c(C(=O)Nc2ccccc2N2CCOC2=O)c1C. The van der Waals surface area contributed by atoms with Gasteiger partial charge in [0.05, 0.1) is 30.1 Å². The zero-order chi connectivity index (χ0) is 21.0. The summed E-state index contributed by atoms with van der Waals surface area (Å²) < 4.78 is 15.0. The molecule has 1 aliphatic heterocycles. The van der Waals surface area contributed by atoms with Gasteiger partial charge in [-0.25, -0.2) is 9.59 Å². The summed E-state index contributed by atoms with van der Waals surface area (Å²) in [6.45, 7) is 4.49. The second-order valence-electron chi connectivity index (χ2n) is 6.49. The van der Waals surface area contributed by atoms with Crippen molar-refractivity contribution in [2.75, 3.05) is 43.7 Å². The minimum Gasteiger partial charge on any atom is -0.460 e. The third-order valence-electron chi connectivity index (χ3n) is 4.59. The highest BCUT2D eigenvalue weighted by Crippen LogP contribution is 2.29. The van der Waals surface area contributed by atoms with Gasteiger partial charge in [-0.3, -0.25) is 9.69 Å². The number of aromatic amines is 1. The standard InChI is InChI=1S/C20H23N3O6/c1-12-16(19(25)28-11-10-27-3)13(2)21-17(12)18(24)22-14-6-4-5-7-15(14)23-8-9-29-20(23)26/h4-7,21H,8-11H2,1-3H3,(H,22,24). The van der Waals surface area contributed by atoms with Gasteiger partial charge in [-0.15, -0.1) is 0 Å². The van der Waals surface area contributed by atoms with Gasteiger partial charge >= 0.3 is 12.1 Å². The van der Waals surface area contributed by atoms with E-state index in [1.54, 1.807) is 38.1 Å². The van der Waals surface area contributed by atoms with Crippen molar-refractivity contribution in [1.82, 2.24) is 4.98 Å². The van der Waals surface area contributed by atoms with Gasteiger partial charge in [0.15, 0.2) is 0 Å². The number of para-hydroxylation sites is 2. The highest BCUT2D eigenvalue weighted by molar-refractivity contribution is 6.09. The Morgan fingerprint density at radius 2 is 2.00 bits per heavy atom. The van der Waals surface area contributed by atoms with E-state index in [1.807, 2.05) is 0 Å². The molecule has 0 bridgehead atoms. The number of carbonyl (C=O) groups is 3. The average molecular weight is 401 g/mol. The number of esters is 1. The lowest BCUT2D eigenvalue weighted by molar-refractivity contribution is 0.0386. The van der Waals surface area contributed by atoms with Crippen LogP contribution in [0.1, 0.15) is 32.1 Å². The lowest BCUT2D eigenvalue weighted by Gasteiger charge is -2.17. The first-order chi connectivity index (χ1) is 13.9. The summed E-state index contributed by atoms with van der Waals surface area (Å²) in [4.78, 5) is 41.5. The molecular weight excluding hydrogens is 378 g/mol. The highest BCUT2D eigenvalue weighted by atomic mass is 16.6. The van der Waals surface area contributed by atoms with E-state index < -0.39 is 18.0 Å². The smallest absolute Gasteiger partial charge is 0.414 e. The summed E-state index contributed by atoms with van der Waals surface area (Å²) in [5, 5.41) is 2.81. The van der Waals surface area contributed by atoms with Gasteiger partial charge in [-0.1, -0.05) is 12.1 Å². The van der Waals surface area contributed by atoms with E-state index in [0.29, 0.717) is 41.3 Å². The number of benzene rings is 1. The number of cyclic esters (lactones) is 1. The largest absolute Gasteiger partial charge is 0.460 e. The Bertz CT molecular complexity index is 936. The normalized spacial score (nSPS) is 13.3. The van der Waals surface area contributed by atoms with Crippen LogP contribution in [-0.4, -0.2) is 56.4 Å². The minimum atomic E-state index is -0.521. The van der Waals surface area contributed by atoms with Crippen LogP contribution in [0, 0.1) is 13.8 Å². The molecule has 1 saturated heterocycles. The van der Waals surface area contributed by atoms with E-state index in [0.717, 1.165) is 0 Å². The van der Waals surface area contributed by atoms with E-state index in [-0.39, 0.29) is 18.9 Å². The Kier molecular flexibility index (Phi) is 6.18.